The van der Waals surface area contributed by atoms with E-state index in [1.165, 1.54) is 0 Å². The van der Waals surface area contributed by atoms with Crippen molar-refractivity contribution in [1.29, 1.82) is 0 Å². The molecule has 0 saturated carbocycles. The molecule has 1 aromatic rings. The van der Waals surface area contributed by atoms with Gasteiger partial charge in [0, 0.05) is 6.54 Å². The van der Waals surface area contributed by atoms with E-state index >= 15 is 0 Å². The van der Waals surface area contributed by atoms with Crippen molar-refractivity contribution in [1.82, 2.24) is 14.7 Å². The van der Waals surface area contributed by atoms with E-state index in [0.717, 1.165) is 36.0 Å². The van der Waals surface area contributed by atoms with Gasteiger partial charge in [0.15, 0.2) is 0 Å². The van der Waals surface area contributed by atoms with Crippen molar-refractivity contribution in [2.24, 2.45) is 0 Å². The minimum absolute atomic E-state index is 0.0510. The van der Waals surface area contributed by atoms with E-state index in [0.29, 0.717) is 0 Å². The van der Waals surface area contributed by atoms with Gasteiger partial charge in [-0.05, 0) is 62.9 Å². The molecule has 1 aliphatic rings. The normalized spacial score (nSPS) is 20.1. The number of likely N-dealkylation sites (tertiary alicyclic amines) is 1. The predicted octanol–water partition coefficient (Wildman–Crippen LogP) is 3.87. The molecule has 0 radical (unpaired) electrons. The molecule has 5 nitrogen and oxygen atoms in total. The number of aromatic nitrogens is 2. The highest BCUT2D eigenvalue weighted by Crippen LogP contribution is 2.30. The van der Waals surface area contributed by atoms with Gasteiger partial charge in [-0.2, -0.15) is 5.10 Å². The van der Waals surface area contributed by atoms with Crippen molar-refractivity contribution in [2.75, 3.05) is 6.54 Å². The number of carbonyl (C=O) groups is 1. The fraction of sp³-hybridized carbons (Fsp3) is 0.714. The van der Waals surface area contributed by atoms with E-state index in [1.807, 2.05) is 32.4 Å². The Kier molecular flexibility index (Phi) is 4.42. The largest absolute Gasteiger partial charge is 0.444 e. The van der Waals surface area contributed by atoms with Crippen molar-refractivity contribution < 1.29 is 9.53 Å². The molecule has 0 N–H and O–H groups in total. The predicted molar refractivity (Wildman–Crippen MR) is 80.5 cm³/mol. The summed E-state index contributed by atoms with van der Waals surface area (Å²) in [6.07, 6.45) is 4.49. The highest BCUT2D eigenvalue weighted by molar-refractivity contribution is 9.10. The Balaban J connectivity index is 2.21. The van der Waals surface area contributed by atoms with Gasteiger partial charge < -0.3 is 4.74 Å². The Morgan fingerprint density at radius 2 is 2.15 bits per heavy atom. The van der Waals surface area contributed by atoms with Crippen LogP contribution in [0, 0.1) is 6.92 Å². The summed E-state index contributed by atoms with van der Waals surface area (Å²) in [4.78, 5) is 14.2. The third-order valence-electron chi connectivity index (χ3n) is 3.37. The molecule has 0 aromatic carbocycles. The summed E-state index contributed by atoms with van der Waals surface area (Å²) in [5.41, 5.74) is 0.559. The molecule has 1 unspecified atom stereocenters. The lowest BCUT2D eigenvalue weighted by Crippen LogP contribution is -2.44. The van der Waals surface area contributed by atoms with Gasteiger partial charge in [0.25, 0.3) is 0 Å². The number of carbonyl (C=O) groups excluding carboxylic acids is 1. The molecule has 2 heterocycles. The summed E-state index contributed by atoms with van der Waals surface area (Å²) in [6.45, 7) is 8.38. The first-order chi connectivity index (χ1) is 9.29. The lowest BCUT2D eigenvalue weighted by atomic mass is 10.1. The lowest BCUT2D eigenvalue weighted by molar-refractivity contribution is -0.00381. The molecule has 1 aliphatic heterocycles. The molecule has 0 aliphatic carbocycles. The molecule has 0 bridgehead atoms. The van der Waals surface area contributed by atoms with Crippen molar-refractivity contribution >= 4 is 22.0 Å². The summed E-state index contributed by atoms with van der Waals surface area (Å²) in [7, 11) is 0. The van der Waals surface area contributed by atoms with Crippen LogP contribution in [0.15, 0.2) is 10.7 Å². The molecule has 1 saturated heterocycles. The van der Waals surface area contributed by atoms with Gasteiger partial charge in [-0.1, -0.05) is 0 Å². The average Bonchev–Trinajstić information content (AvgIpc) is 2.68. The molecule has 6 heteroatoms. The Bertz CT molecular complexity index is 493. The first-order valence-corrected chi connectivity index (χ1v) is 7.78. The van der Waals surface area contributed by atoms with Gasteiger partial charge in [-0.3, -0.25) is 4.90 Å². The molecule has 1 amide bonds. The first-order valence-electron chi connectivity index (χ1n) is 6.99. The van der Waals surface area contributed by atoms with Crippen molar-refractivity contribution in [3.05, 3.63) is 16.4 Å². The average molecular weight is 344 g/mol. The van der Waals surface area contributed by atoms with Crippen LogP contribution < -0.4 is 0 Å². The van der Waals surface area contributed by atoms with E-state index in [2.05, 4.69) is 21.0 Å². The van der Waals surface area contributed by atoms with Gasteiger partial charge >= 0.3 is 6.09 Å². The quantitative estimate of drug-likeness (QED) is 0.777. The fourth-order valence-corrected chi connectivity index (χ4v) is 2.68. The summed E-state index contributed by atoms with van der Waals surface area (Å²) in [5, 5.41) is 4.39. The molecule has 20 heavy (non-hydrogen) atoms. The summed E-state index contributed by atoms with van der Waals surface area (Å²) in [5.74, 6) is 0. The molecule has 1 fully saturated rings. The van der Waals surface area contributed by atoms with Crippen LogP contribution in [0.5, 0.6) is 0 Å². The van der Waals surface area contributed by atoms with Crippen LogP contribution in [0.3, 0.4) is 0 Å². The minimum Gasteiger partial charge on any atom is -0.444 e. The number of hydrogen-bond donors (Lipinski definition) is 0. The summed E-state index contributed by atoms with van der Waals surface area (Å²) >= 11 is 3.47. The first kappa shape index (κ1) is 15.4. The maximum absolute atomic E-state index is 12.4. The second-order valence-corrected chi connectivity index (χ2v) is 7.03. The zero-order valence-corrected chi connectivity index (χ0v) is 14.1. The molecule has 112 valence electrons. The van der Waals surface area contributed by atoms with Crippen LogP contribution in [-0.2, 0) is 4.74 Å². The van der Waals surface area contributed by atoms with E-state index in [-0.39, 0.29) is 12.3 Å². The zero-order valence-electron chi connectivity index (χ0n) is 12.5. The molecular formula is C14H22BrN3O2. The van der Waals surface area contributed by atoms with E-state index in [9.17, 15) is 4.79 Å². The van der Waals surface area contributed by atoms with Crippen molar-refractivity contribution in [3.8, 4) is 0 Å². The van der Waals surface area contributed by atoms with Gasteiger partial charge in [0.2, 0.25) is 0 Å². The van der Waals surface area contributed by atoms with Gasteiger partial charge in [-0.25, -0.2) is 9.48 Å². The molecule has 0 spiro atoms. The smallest absolute Gasteiger partial charge is 0.411 e. The maximum atomic E-state index is 12.4. The van der Waals surface area contributed by atoms with E-state index in [1.54, 1.807) is 11.1 Å². The summed E-state index contributed by atoms with van der Waals surface area (Å²) in [6, 6.07) is 0. The number of hydrogen-bond acceptors (Lipinski definition) is 3. The van der Waals surface area contributed by atoms with Crippen LogP contribution >= 0.6 is 15.9 Å². The SMILES string of the molecule is Cc1c(Br)cnn1C1CCCCN1C(=O)OC(C)(C)C. The van der Waals surface area contributed by atoms with Crippen LogP contribution in [0.1, 0.15) is 51.9 Å². The lowest BCUT2D eigenvalue weighted by Gasteiger charge is -2.37. The third-order valence-corrected chi connectivity index (χ3v) is 4.14. The monoisotopic (exact) mass is 343 g/mol. The Morgan fingerprint density at radius 1 is 1.45 bits per heavy atom. The van der Waals surface area contributed by atoms with Gasteiger partial charge in [0.1, 0.15) is 11.8 Å². The van der Waals surface area contributed by atoms with Crippen molar-refractivity contribution in [3.63, 3.8) is 0 Å². The molecule has 2 rings (SSSR count). The van der Waals surface area contributed by atoms with E-state index < -0.39 is 5.60 Å². The van der Waals surface area contributed by atoms with Crippen LogP contribution in [0.25, 0.3) is 0 Å². The molecule has 1 atom stereocenters. The minimum atomic E-state index is -0.473. The Hall–Kier alpha value is -1.04. The number of halogens is 1. The summed E-state index contributed by atoms with van der Waals surface area (Å²) < 4.78 is 8.38. The number of ether oxygens (including phenoxy) is 1. The van der Waals surface area contributed by atoms with Crippen LogP contribution in [0.2, 0.25) is 0 Å². The molecule has 1 aromatic heterocycles. The maximum Gasteiger partial charge on any atom is 0.411 e. The topological polar surface area (TPSA) is 47.4 Å². The number of amides is 1. The van der Waals surface area contributed by atoms with Crippen LogP contribution in [-0.4, -0.2) is 32.9 Å². The highest BCUT2D eigenvalue weighted by Gasteiger charge is 2.32. The number of rotatable bonds is 1. The Labute approximate surface area is 128 Å². The fourth-order valence-electron chi connectivity index (χ4n) is 2.40. The zero-order chi connectivity index (χ0) is 14.9. The Morgan fingerprint density at radius 3 is 2.70 bits per heavy atom. The molecular weight excluding hydrogens is 322 g/mol. The van der Waals surface area contributed by atoms with E-state index in [4.69, 9.17) is 4.74 Å². The van der Waals surface area contributed by atoms with Crippen LogP contribution in [0.4, 0.5) is 4.79 Å². The van der Waals surface area contributed by atoms with Crippen molar-refractivity contribution in [2.45, 2.75) is 58.7 Å². The second kappa shape index (κ2) is 5.76. The van der Waals surface area contributed by atoms with Gasteiger partial charge in [0.05, 0.1) is 16.4 Å². The number of piperidine rings is 1. The highest BCUT2D eigenvalue weighted by atomic mass is 79.9. The third kappa shape index (κ3) is 3.34. The second-order valence-electron chi connectivity index (χ2n) is 6.17. The number of nitrogens with zero attached hydrogens (tertiary/aromatic N) is 3. The standard InChI is InChI=1S/C14H22BrN3O2/c1-10-11(15)9-16-18(10)12-7-5-6-8-17(12)13(19)20-14(2,3)4/h9,12H,5-8H2,1-4H3. The van der Waals surface area contributed by atoms with Gasteiger partial charge in [-0.15, -0.1) is 0 Å².